The van der Waals surface area contributed by atoms with Gasteiger partial charge in [-0.05, 0) is 0 Å². The van der Waals surface area contributed by atoms with Gasteiger partial charge in [0.25, 0.3) is 0 Å². The Balaban J connectivity index is 1.64. The van der Waals surface area contributed by atoms with Crippen LogP contribution in [0.2, 0.25) is 0 Å². The average molecular weight is 440 g/mol. The third-order valence-electron chi connectivity index (χ3n) is 5.99. The van der Waals surface area contributed by atoms with Crippen LogP contribution in [-0.4, -0.2) is 24.5 Å². The second kappa shape index (κ2) is 6.03. The second-order valence-corrected chi connectivity index (χ2v) is 10.1. The standard InChI is InChI=1S/C25H19N3Se/c1-25(2)18-7-3-5-9-20(18)28(21-10-6-4-8-19(21)25)16-11-12-17-22(15-16)29-24-23(17)26-13-14-27-24/h3-15H,1-2H3. The van der Waals surface area contributed by atoms with Crippen molar-refractivity contribution >= 4 is 51.1 Å². The minimum atomic E-state index is -0.0333. The van der Waals surface area contributed by atoms with Crippen molar-refractivity contribution in [2.24, 2.45) is 0 Å². The summed E-state index contributed by atoms with van der Waals surface area (Å²) in [5.41, 5.74) is 7.45. The number of hydrogen-bond donors (Lipinski definition) is 0. The maximum absolute atomic E-state index is 4.57. The van der Waals surface area contributed by atoms with Crippen LogP contribution < -0.4 is 4.90 Å². The first-order chi connectivity index (χ1) is 14.1. The Labute approximate surface area is 175 Å². The Bertz CT molecular complexity index is 1350. The number of aromatic nitrogens is 2. The predicted octanol–water partition coefficient (Wildman–Crippen LogP) is 5.95. The van der Waals surface area contributed by atoms with Gasteiger partial charge in [-0.3, -0.25) is 0 Å². The number of hydrogen-bond acceptors (Lipinski definition) is 3. The fourth-order valence-electron chi connectivity index (χ4n) is 4.57. The Hall–Kier alpha value is -2.94. The van der Waals surface area contributed by atoms with Crippen LogP contribution in [-0.2, 0) is 5.41 Å². The summed E-state index contributed by atoms with van der Waals surface area (Å²) in [5, 5.41) is 1.23. The van der Waals surface area contributed by atoms with Crippen molar-refractivity contribution in [3.63, 3.8) is 0 Å². The number of rotatable bonds is 1. The number of fused-ring (bicyclic) bond motifs is 5. The molecule has 5 aromatic rings. The van der Waals surface area contributed by atoms with Crippen molar-refractivity contribution in [2.45, 2.75) is 19.3 Å². The van der Waals surface area contributed by atoms with Gasteiger partial charge in [-0.2, -0.15) is 0 Å². The zero-order valence-corrected chi connectivity index (χ0v) is 18.0. The van der Waals surface area contributed by atoms with Crippen LogP contribution in [0.1, 0.15) is 25.0 Å². The van der Waals surface area contributed by atoms with Crippen molar-refractivity contribution in [3.05, 3.63) is 90.3 Å². The quantitative estimate of drug-likeness (QED) is 0.302. The first-order valence-corrected chi connectivity index (χ1v) is 11.5. The van der Waals surface area contributed by atoms with Crippen LogP contribution in [0.15, 0.2) is 79.1 Å². The average Bonchev–Trinajstić information content (AvgIpc) is 3.12. The van der Waals surface area contributed by atoms with Gasteiger partial charge in [-0.15, -0.1) is 0 Å². The number of anilines is 3. The molecule has 0 aliphatic carbocycles. The molecule has 1 aliphatic rings. The molecule has 140 valence electrons. The fraction of sp³-hybridized carbons (Fsp3) is 0.120. The van der Waals surface area contributed by atoms with E-state index in [0.29, 0.717) is 0 Å². The SMILES string of the molecule is CC1(C)c2ccccc2N(c2ccc3c(c2)[se]c2nccnc23)c2ccccc21. The van der Waals surface area contributed by atoms with Crippen LogP contribution in [0.25, 0.3) is 19.6 Å². The van der Waals surface area contributed by atoms with Gasteiger partial charge in [0, 0.05) is 0 Å². The molecule has 3 nitrogen and oxygen atoms in total. The molecule has 0 radical (unpaired) electrons. The molecular weight excluding hydrogens is 421 g/mol. The Morgan fingerprint density at radius 3 is 2.17 bits per heavy atom. The molecule has 2 aromatic heterocycles. The van der Waals surface area contributed by atoms with E-state index in [4.69, 9.17) is 0 Å². The van der Waals surface area contributed by atoms with Crippen LogP contribution in [0.5, 0.6) is 0 Å². The van der Waals surface area contributed by atoms with E-state index in [1.165, 1.54) is 37.8 Å². The van der Waals surface area contributed by atoms with Crippen molar-refractivity contribution < 1.29 is 0 Å². The molecule has 0 unspecified atom stereocenters. The predicted molar refractivity (Wildman–Crippen MR) is 121 cm³/mol. The summed E-state index contributed by atoms with van der Waals surface area (Å²) < 4.78 is 2.49. The molecule has 29 heavy (non-hydrogen) atoms. The van der Waals surface area contributed by atoms with Gasteiger partial charge in [-0.25, -0.2) is 0 Å². The van der Waals surface area contributed by atoms with Gasteiger partial charge in [0.1, 0.15) is 0 Å². The zero-order valence-electron chi connectivity index (χ0n) is 16.3. The van der Waals surface area contributed by atoms with Crippen LogP contribution in [0.4, 0.5) is 17.1 Å². The van der Waals surface area contributed by atoms with E-state index in [1.54, 1.807) is 12.4 Å². The van der Waals surface area contributed by atoms with Crippen molar-refractivity contribution in [2.75, 3.05) is 4.90 Å². The molecule has 3 aromatic carbocycles. The summed E-state index contributed by atoms with van der Waals surface area (Å²) in [6.45, 7) is 4.64. The molecule has 0 amide bonds. The monoisotopic (exact) mass is 441 g/mol. The Morgan fingerprint density at radius 1 is 0.793 bits per heavy atom. The molecule has 0 fully saturated rings. The summed E-state index contributed by atoms with van der Waals surface area (Å²) in [6, 6.07) is 24.4. The molecule has 1 aliphatic heterocycles. The van der Waals surface area contributed by atoms with Gasteiger partial charge in [0.05, 0.1) is 0 Å². The van der Waals surface area contributed by atoms with E-state index in [-0.39, 0.29) is 19.9 Å². The molecule has 0 saturated carbocycles. The first-order valence-electron chi connectivity index (χ1n) is 9.77. The minimum absolute atomic E-state index is 0.0333. The van der Waals surface area contributed by atoms with E-state index < -0.39 is 0 Å². The van der Waals surface area contributed by atoms with E-state index >= 15 is 0 Å². The fourth-order valence-corrected chi connectivity index (χ4v) is 6.74. The number of nitrogens with zero attached hydrogens (tertiary/aromatic N) is 3. The molecular formula is C25H19N3Se. The van der Waals surface area contributed by atoms with Crippen molar-refractivity contribution in [3.8, 4) is 0 Å². The molecule has 0 atom stereocenters. The van der Waals surface area contributed by atoms with Gasteiger partial charge in [-0.1, -0.05) is 0 Å². The first kappa shape index (κ1) is 17.0. The van der Waals surface area contributed by atoms with Crippen LogP contribution in [0, 0.1) is 0 Å². The summed E-state index contributed by atoms with van der Waals surface area (Å²) in [4.78, 5) is 11.5. The number of benzene rings is 3. The summed E-state index contributed by atoms with van der Waals surface area (Å²) in [7, 11) is 0. The van der Waals surface area contributed by atoms with Crippen LogP contribution >= 0.6 is 0 Å². The van der Waals surface area contributed by atoms with Gasteiger partial charge >= 0.3 is 176 Å². The zero-order chi connectivity index (χ0) is 19.6. The summed E-state index contributed by atoms with van der Waals surface area (Å²) in [6.07, 6.45) is 3.59. The second-order valence-electron chi connectivity index (χ2n) is 7.99. The number of para-hydroxylation sites is 2. The van der Waals surface area contributed by atoms with Crippen molar-refractivity contribution in [1.29, 1.82) is 0 Å². The maximum atomic E-state index is 4.57. The Morgan fingerprint density at radius 2 is 1.45 bits per heavy atom. The third-order valence-corrected chi connectivity index (χ3v) is 8.19. The Kier molecular flexibility index (Phi) is 3.53. The van der Waals surface area contributed by atoms with E-state index in [2.05, 4.69) is 95.4 Å². The molecule has 4 heteroatoms. The molecule has 3 heterocycles. The van der Waals surface area contributed by atoms with Crippen LogP contribution in [0.3, 0.4) is 0 Å². The molecule has 0 saturated heterocycles. The van der Waals surface area contributed by atoms with Gasteiger partial charge < -0.3 is 0 Å². The summed E-state index contributed by atoms with van der Waals surface area (Å²) in [5.74, 6) is 0. The topological polar surface area (TPSA) is 29.0 Å². The van der Waals surface area contributed by atoms with E-state index in [9.17, 15) is 0 Å². The summed E-state index contributed by atoms with van der Waals surface area (Å²) >= 11 is 0.197. The van der Waals surface area contributed by atoms with Gasteiger partial charge in [0.15, 0.2) is 0 Å². The van der Waals surface area contributed by atoms with E-state index in [1.807, 2.05) is 0 Å². The molecule has 6 rings (SSSR count). The van der Waals surface area contributed by atoms with E-state index in [0.717, 1.165) is 9.91 Å². The third kappa shape index (κ3) is 2.37. The van der Waals surface area contributed by atoms with Gasteiger partial charge in [0.2, 0.25) is 0 Å². The molecule has 0 N–H and O–H groups in total. The molecule has 0 bridgehead atoms. The van der Waals surface area contributed by atoms with Crippen molar-refractivity contribution in [1.82, 2.24) is 9.97 Å². The normalized spacial score (nSPS) is 14.8. The molecule has 0 spiro atoms.